The highest BCUT2D eigenvalue weighted by atomic mass is 16.7. The lowest BCUT2D eigenvalue weighted by Crippen LogP contribution is -2.69. The van der Waals surface area contributed by atoms with Crippen LogP contribution in [0, 0.1) is 45.3 Å². The molecule has 10 nitrogen and oxygen atoms in total. The molecule has 15 atom stereocenters. The predicted molar refractivity (Wildman–Crippen MR) is 181 cm³/mol. The minimum Gasteiger partial charge on any atom is -0.457 e. The Morgan fingerprint density at radius 3 is 2.39 bits per heavy atom. The molecule has 0 aromatic carbocycles. The Labute approximate surface area is 292 Å². The minimum absolute atomic E-state index is 0.0122. The van der Waals surface area contributed by atoms with Crippen LogP contribution in [0.3, 0.4) is 0 Å². The van der Waals surface area contributed by atoms with E-state index in [4.69, 9.17) is 29.4 Å². The van der Waals surface area contributed by atoms with Crippen LogP contribution in [-0.2, 0) is 33.3 Å². The summed E-state index contributed by atoms with van der Waals surface area (Å²) < 4.78 is 31.5. The minimum atomic E-state index is -1.33. The van der Waals surface area contributed by atoms with Crippen molar-refractivity contribution in [1.29, 1.82) is 0 Å². The van der Waals surface area contributed by atoms with Crippen LogP contribution >= 0.6 is 0 Å². The SMILES string of the molecule is CC[C@@]1(O[C@H]2CCC34C[C@]35CCC3(C)[C@@H]6C(OC([C@H](OC(C)=O)C(C)(C)O)C[C@H]6C)C(=O)[C@@]3(N)C5CC[C@H]4C2(C)C)OCC[C@H](O)[C@H]1OC. The van der Waals surface area contributed by atoms with Gasteiger partial charge in [0.1, 0.15) is 12.2 Å². The summed E-state index contributed by atoms with van der Waals surface area (Å²) in [6.07, 6.45) is 5.18. The molecule has 0 amide bonds. The first kappa shape index (κ1) is 36.2. The number of esters is 1. The molecule has 0 radical (unpaired) electrons. The molecule has 0 bridgehead atoms. The van der Waals surface area contributed by atoms with Crippen molar-refractivity contribution in [2.75, 3.05) is 13.7 Å². The average molecular weight is 690 g/mol. The van der Waals surface area contributed by atoms with Gasteiger partial charge in [0.25, 0.3) is 0 Å². The number of hydrogen-bond donors (Lipinski definition) is 3. The second-order valence-electron chi connectivity index (χ2n) is 18.8. The third kappa shape index (κ3) is 4.69. The van der Waals surface area contributed by atoms with Gasteiger partial charge in [-0.3, -0.25) is 9.59 Å². The molecule has 10 heteroatoms. The number of rotatable bonds is 7. The Hall–Kier alpha value is -1.14. The number of methoxy groups -OCH3 is 1. The summed E-state index contributed by atoms with van der Waals surface area (Å²) in [4.78, 5) is 27.0. The number of aliphatic hydroxyl groups excluding tert-OH is 1. The summed E-state index contributed by atoms with van der Waals surface area (Å²) in [5, 5.41) is 21.8. The first-order valence-corrected chi connectivity index (χ1v) is 19.2. The van der Waals surface area contributed by atoms with E-state index in [0.717, 1.165) is 44.9 Å². The Kier molecular flexibility index (Phi) is 8.45. The van der Waals surface area contributed by atoms with Gasteiger partial charge < -0.3 is 39.6 Å². The number of ketones is 1. The normalized spacial score (nSPS) is 52.2. The Balaban J connectivity index is 1.16. The van der Waals surface area contributed by atoms with Gasteiger partial charge in [-0.25, -0.2) is 0 Å². The standard InChI is InChI=1S/C39H63NO9/c1-10-38(31(45-9)23(42)14-18-46-38)49-27-13-15-36-20-37(36)17-16-35(8)28-21(2)19-24(32(34(6,7)44)47-22(3)41)48-29(28)30(43)39(35,40)26(37)12-11-25(36)33(27,4)5/h21,23-29,31-32,42,44H,10-20,40H2,1-9H3/t21-,23+,24?,25+,26?,27+,28+,29?,31-,32+,35?,36?,37+,38+,39+/m1/s1. The molecule has 5 unspecified atom stereocenters. The lowest BCUT2D eigenvalue weighted by Gasteiger charge is -2.62. The van der Waals surface area contributed by atoms with E-state index in [1.54, 1.807) is 21.0 Å². The summed E-state index contributed by atoms with van der Waals surface area (Å²) in [6.45, 7) is 16.2. The van der Waals surface area contributed by atoms with Crippen molar-refractivity contribution in [2.24, 2.45) is 51.1 Å². The third-order valence-electron chi connectivity index (χ3n) is 16.0. The van der Waals surface area contributed by atoms with Crippen molar-refractivity contribution in [3.05, 3.63) is 0 Å². The van der Waals surface area contributed by atoms with E-state index in [2.05, 4.69) is 27.7 Å². The van der Waals surface area contributed by atoms with Crippen LogP contribution in [0.1, 0.15) is 120 Å². The number of carbonyl (C=O) groups is 2. The fraction of sp³-hybridized carbons (Fsp3) is 0.949. The third-order valence-corrected chi connectivity index (χ3v) is 16.0. The van der Waals surface area contributed by atoms with Gasteiger partial charge in [0, 0.05) is 26.4 Å². The highest BCUT2D eigenvalue weighted by molar-refractivity contribution is 5.97. The van der Waals surface area contributed by atoms with Crippen LogP contribution in [-0.4, -0.2) is 89.2 Å². The molecular weight excluding hydrogens is 626 g/mol. The predicted octanol–water partition coefficient (Wildman–Crippen LogP) is 4.69. The molecule has 2 heterocycles. The molecule has 2 aliphatic heterocycles. The van der Waals surface area contributed by atoms with Crippen molar-refractivity contribution in [1.82, 2.24) is 0 Å². The van der Waals surface area contributed by atoms with Crippen molar-refractivity contribution in [2.45, 2.75) is 173 Å². The molecule has 0 aromatic rings. The molecule has 49 heavy (non-hydrogen) atoms. The van der Waals surface area contributed by atoms with Gasteiger partial charge >= 0.3 is 5.97 Å². The van der Waals surface area contributed by atoms with Gasteiger partial charge in [-0.2, -0.15) is 0 Å². The number of fused-ring (bicyclic) bond motifs is 4. The van der Waals surface area contributed by atoms with Crippen molar-refractivity contribution < 1.29 is 43.5 Å². The molecule has 4 N–H and O–H groups in total. The van der Waals surface area contributed by atoms with Gasteiger partial charge in [-0.15, -0.1) is 0 Å². The number of ether oxygens (including phenoxy) is 5. The van der Waals surface area contributed by atoms with E-state index in [1.807, 2.05) is 6.92 Å². The van der Waals surface area contributed by atoms with Crippen LogP contribution in [0.2, 0.25) is 0 Å². The zero-order chi connectivity index (χ0) is 35.7. The van der Waals surface area contributed by atoms with E-state index >= 15 is 0 Å². The second-order valence-corrected chi connectivity index (χ2v) is 18.8. The number of hydrogen-bond acceptors (Lipinski definition) is 10. The van der Waals surface area contributed by atoms with Gasteiger partial charge in [0.15, 0.2) is 17.7 Å². The number of aliphatic hydroxyl groups is 2. The highest BCUT2D eigenvalue weighted by Gasteiger charge is 2.85. The second kappa shape index (κ2) is 11.4. The largest absolute Gasteiger partial charge is 0.457 e. The maximum atomic E-state index is 14.9. The molecule has 0 aromatic heterocycles. The van der Waals surface area contributed by atoms with Crippen molar-refractivity contribution in [3.63, 3.8) is 0 Å². The van der Waals surface area contributed by atoms with E-state index < -0.39 is 58.8 Å². The highest BCUT2D eigenvalue weighted by Crippen LogP contribution is 2.87. The number of nitrogens with two attached hydrogens (primary N) is 1. The van der Waals surface area contributed by atoms with Crippen LogP contribution in [0.15, 0.2) is 0 Å². The summed E-state index contributed by atoms with van der Waals surface area (Å²) in [5.41, 5.74) is 4.93. The fourth-order valence-corrected chi connectivity index (χ4v) is 13.9. The molecule has 7 aliphatic rings. The smallest absolute Gasteiger partial charge is 0.303 e. The first-order valence-electron chi connectivity index (χ1n) is 19.2. The molecule has 7 fully saturated rings. The first-order chi connectivity index (χ1) is 22.8. The fourth-order valence-electron chi connectivity index (χ4n) is 13.9. The molecule has 2 spiro atoms. The average Bonchev–Trinajstić information content (AvgIpc) is 3.65. The molecule has 5 aliphatic carbocycles. The number of Topliss-reactive ketones (excluding diaryl/α,β-unsaturated/α-hetero) is 1. The summed E-state index contributed by atoms with van der Waals surface area (Å²) in [6, 6.07) is 0. The van der Waals surface area contributed by atoms with Gasteiger partial charge in [-0.05, 0) is 111 Å². The van der Waals surface area contributed by atoms with Crippen molar-refractivity contribution in [3.8, 4) is 0 Å². The van der Waals surface area contributed by atoms with Gasteiger partial charge in [0.2, 0.25) is 0 Å². The molecule has 2 saturated heterocycles. The molecule has 7 rings (SSSR count). The lowest BCUT2D eigenvalue weighted by molar-refractivity contribution is -0.357. The van der Waals surface area contributed by atoms with Gasteiger partial charge in [-0.1, -0.05) is 34.6 Å². The summed E-state index contributed by atoms with van der Waals surface area (Å²) in [7, 11) is 1.63. The number of carbonyl (C=O) groups excluding carboxylic acids is 2. The zero-order valence-electron chi connectivity index (χ0n) is 31.4. The Morgan fingerprint density at radius 2 is 1.76 bits per heavy atom. The molecular formula is C39H63NO9. The van der Waals surface area contributed by atoms with E-state index in [-0.39, 0.29) is 45.9 Å². The summed E-state index contributed by atoms with van der Waals surface area (Å²) in [5.74, 6) is -0.879. The Bertz CT molecular complexity index is 1350. The van der Waals surface area contributed by atoms with Crippen LogP contribution < -0.4 is 5.73 Å². The quantitative estimate of drug-likeness (QED) is 0.254. The van der Waals surface area contributed by atoms with E-state index in [1.165, 1.54) is 6.92 Å². The Morgan fingerprint density at radius 1 is 1.08 bits per heavy atom. The summed E-state index contributed by atoms with van der Waals surface area (Å²) >= 11 is 0. The van der Waals surface area contributed by atoms with Crippen LogP contribution in [0.25, 0.3) is 0 Å². The van der Waals surface area contributed by atoms with Gasteiger partial charge in [0.05, 0.1) is 36.1 Å². The zero-order valence-corrected chi connectivity index (χ0v) is 31.4. The van der Waals surface area contributed by atoms with Crippen LogP contribution in [0.5, 0.6) is 0 Å². The van der Waals surface area contributed by atoms with E-state index in [9.17, 15) is 19.8 Å². The molecule has 5 saturated carbocycles. The van der Waals surface area contributed by atoms with E-state index in [0.29, 0.717) is 31.8 Å². The maximum absolute atomic E-state index is 14.9. The monoisotopic (exact) mass is 689 g/mol. The topological polar surface area (TPSA) is 147 Å². The van der Waals surface area contributed by atoms with Crippen molar-refractivity contribution >= 4 is 11.8 Å². The van der Waals surface area contributed by atoms with Crippen LogP contribution in [0.4, 0.5) is 0 Å². The lowest BCUT2D eigenvalue weighted by atomic mass is 9.43. The maximum Gasteiger partial charge on any atom is 0.303 e. The molecule has 278 valence electrons.